The minimum atomic E-state index is 0.153. The van der Waals surface area contributed by atoms with Gasteiger partial charge in [0.05, 0.1) is 6.61 Å². The van der Waals surface area contributed by atoms with Crippen LogP contribution in [0.25, 0.3) is 0 Å². The van der Waals surface area contributed by atoms with Crippen molar-refractivity contribution in [3.05, 3.63) is 18.6 Å². The molecule has 0 aliphatic carbocycles. The molecule has 0 unspecified atom stereocenters. The van der Waals surface area contributed by atoms with Gasteiger partial charge in [-0.15, -0.1) is 0 Å². The van der Waals surface area contributed by atoms with Crippen LogP contribution in [0.15, 0.2) is 12.2 Å². The second-order valence-electron chi connectivity index (χ2n) is 1.64. The summed E-state index contributed by atoms with van der Waals surface area (Å²) in [5.41, 5.74) is 0. The Labute approximate surface area is 51.0 Å². The van der Waals surface area contributed by atoms with Crippen LogP contribution in [0, 0.1) is 6.42 Å². The van der Waals surface area contributed by atoms with Crippen LogP contribution in [-0.4, -0.2) is 11.7 Å². The van der Waals surface area contributed by atoms with Crippen LogP contribution in [0.5, 0.6) is 0 Å². The van der Waals surface area contributed by atoms with E-state index >= 15 is 0 Å². The predicted octanol–water partition coefficient (Wildman–Crippen LogP) is 1.54. The first-order valence-corrected chi connectivity index (χ1v) is 3.01. The highest BCUT2D eigenvalue weighted by molar-refractivity contribution is 4.93. The summed E-state index contributed by atoms with van der Waals surface area (Å²) in [7, 11) is 0. The van der Waals surface area contributed by atoms with Crippen LogP contribution >= 0.6 is 0 Å². The van der Waals surface area contributed by atoms with Crippen molar-refractivity contribution in [3.8, 4) is 0 Å². The van der Waals surface area contributed by atoms with E-state index in [9.17, 15) is 0 Å². The van der Waals surface area contributed by atoms with E-state index in [4.69, 9.17) is 5.11 Å². The van der Waals surface area contributed by atoms with Crippen LogP contribution < -0.4 is 0 Å². The minimum absolute atomic E-state index is 0.153. The van der Waals surface area contributed by atoms with E-state index in [0.717, 1.165) is 6.42 Å². The predicted molar refractivity (Wildman–Crippen MR) is 35.4 cm³/mol. The van der Waals surface area contributed by atoms with Crippen LogP contribution in [0.3, 0.4) is 0 Å². The summed E-state index contributed by atoms with van der Waals surface area (Å²) in [6.45, 7) is 2.28. The lowest BCUT2D eigenvalue weighted by atomic mass is 10.2. The maximum Gasteiger partial charge on any atom is 0.0612 e. The molecule has 0 fully saturated rings. The lowest BCUT2D eigenvalue weighted by Gasteiger charge is -1.84. The molecule has 0 aliphatic heterocycles. The van der Waals surface area contributed by atoms with Gasteiger partial charge in [0, 0.05) is 0 Å². The topological polar surface area (TPSA) is 20.2 Å². The average molecular weight is 113 g/mol. The molecule has 1 radical (unpaired) electrons. The molecule has 0 bridgehead atoms. The highest BCUT2D eigenvalue weighted by Gasteiger charge is 1.75. The first kappa shape index (κ1) is 7.70. The maximum absolute atomic E-state index is 8.26. The second-order valence-corrected chi connectivity index (χ2v) is 1.64. The molecule has 0 spiro atoms. The van der Waals surface area contributed by atoms with Gasteiger partial charge in [0.1, 0.15) is 0 Å². The molecule has 1 N–H and O–H groups in total. The maximum atomic E-state index is 8.26. The summed E-state index contributed by atoms with van der Waals surface area (Å²) in [6.07, 6.45) is 7.96. The third kappa shape index (κ3) is 5.70. The summed E-state index contributed by atoms with van der Waals surface area (Å²) in [6, 6.07) is 0. The highest BCUT2D eigenvalue weighted by atomic mass is 16.2. The number of unbranched alkanes of at least 4 members (excludes halogenated alkanes) is 2. The van der Waals surface area contributed by atoms with Gasteiger partial charge in [-0.1, -0.05) is 25.5 Å². The molecule has 1 heteroatoms. The van der Waals surface area contributed by atoms with Gasteiger partial charge in [0.25, 0.3) is 0 Å². The third-order valence-electron chi connectivity index (χ3n) is 0.833. The van der Waals surface area contributed by atoms with E-state index in [-0.39, 0.29) is 6.61 Å². The Balaban J connectivity index is 2.80. The minimum Gasteiger partial charge on any atom is -0.392 e. The molecule has 0 aliphatic rings. The molecule has 0 saturated heterocycles. The summed E-state index contributed by atoms with van der Waals surface area (Å²) >= 11 is 0. The number of allylic oxidation sites excluding steroid dienone is 1. The lowest BCUT2D eigenvalue weighted by Crippen LogP contribution is -1.72. The van der Waals surface area contributed by atoms with E-state index in [1.165, 1.54) is 6.42 Å². The van der Waals surface area contributed by atoms with Crippen LogP contribution in [0.2, 0.25) is 0 Å². The molecule has 0 amide bonds. The molecule has 47 valence electrons. The van der Waals surface area contributed by atoms with Gasteiger partial charge >= 0.3 is 0 Å². The molecule has 0 aromatic carbocycles. The summed E-state index contributed by atoms with van der Waals surface area (Å²) < 4.78 is 0. The number of aliphatic hydroxyl groups excluding tert-OH is 1. The average Bonchev–Trinajstić information content (AvgIpc) is 1.81. The van der Waals surface area contributed by atoms with Crippen LogP contribution in [0.1, 0.15) is 19.8 Å². The molecule has 1 nitrogen and oxygen atoms in total. The Hall–Kier alpha value is -0.300. The Morgan fingerprint density at radius 2 is 2.25 bits per heavy atom. The molecule has 0 atom stereocenters. The molecule has 0 saturated carbocycles. The Kier molecular flexibility index (Phi) is 6.45. The van der Waals surface area contributed by atoms with Crippen molar-refractivity contribution in [1.82, 2.24) is 0 Å². The monoisotopic (exact) mass is 113 g/mol. The van der Waals surface area contributed by atoms with Crippen molar-refractivity contribution in [2.75, 3.05) is 6.61 Å². The summed E-state index contributed by atoms with van der Waals surface area (Å²) in [5.74, 6) is 0. The van der Waals surface area contributed by atoms with Gasteiger partial charge in [0.15, 0.2) is 0 Å². The first-order valence-electron chi connectivity index (χ1n) is 3.01. The SMILES string of the molecule is CCC[CH]C=CCO. The summed E-state index contributed by atoms with van der Waals surface area (Å²) in [5, 5.41) is 8.26. The standard InChI is InChI=1S/C7H13O/c1-2-3-4-5-6-7-8/h4-6,8H,2-3,7H2,1H3. The zero-order valence-electron chi connectivity index (χ0n) is 5.30. The van der Waals surface area contributed by atoms with Crippen molar-refractivity contribution in [2.24, 2.45) is 0 Å². The zero-order chi connectivity index (χ0) is 6.24. The Morgan fingerprint density at radius 1 is 1.50 bits per heavy atom. The van der Waals surface area contributed by atoms with Gasteiger partial charge in [0.2, 0.25) is 0 Å². The number of hydrogen-bond acceptors (Lipinski definition) is 1. The van der Waals surface area contributed by atoms with Crippen molar-refractivity contribution in [2.45, 2.75) is 19.8 Å². The van der Waals surface area contributed by atoms with Gasteiger partial charge in [-0.3, -0.25) is 0 Å². The summed E-state index contributed by atoms with van der Waals surface area (Å²) in [4.78, 5) is 0. The van der Waals surface area contributed by atoms with E-state index in [0.29, 0.717) is 0 Å². The fraction of sp³-hybridized carbons (Fsp3) is 0.571. The van der Waals surface area contributed by atoms with Crippen molar-refractivity contribution >= 4 is 0 Å². The van der Waals surface area contributed by atoms with Crippen LogP contribution in [-0.2, 0) is 0 Å². The second kappa shape index (κ2) is 6.70. The van der Waals surface area contributed by atoms with E-state index in [1.807, 2.05) is 6.08 Å². The quantitative estimate of drug-likeness (QED) is 0.548. The molecule has 0 aromatic heterocycles. The molecule has 0 aromatic rings. The van der Waals surface area contributed by atoms with Crippen LogP contribution in [0.4, 0.5) is 0 Å². The van der Waals surface area contributed by atoms with Gasteiger partial charge < -0.3 is 5.11 Å². The van der Waals surface area contributed by atoms with Gasteiger partial charge in [-0.05, 0) is 12.8 Å². The van der Waals surface area contributed by atoms with E-state index < -0.39 is 0 Å². The van der Waals surface area contributed by atoms with Crippen molar-refractivity contribution in [1.29, 1.82) is 0 Å². The Bertz CT molecular complexity index is 57.4. The van der Waals surface area contributed by atoms with Gasteiger partial charge in [-0.25, -0.2) is 0 Å². The first-order chi connectivity index (χ1) is 3.91. The molecule has 8 heavy (non-hydrogen) atoms. The van der Waals surface area contributed by atoms with Crippen molar-refractivity contribution < 1.29 is 5.11 Å². The fourth-order valence-electron chi connectivity index (χ4n) is 0.420. The van der Waals surface area contributed by atoms with Gasteiger partial charge in [-0.2, -0.15) is 0 Å². The molecular weight excluding hydrogens is 100 g/mol. The number of hydrogen-bond donors (Lipinski definition) is 1. The largest absolute Gasteiger partial charge is 0.392 e. The van der Waals surface area contributed by atoms with E-state index in [1.54, 1.807) is 6.08 Å². The third-order valence-corrected chi connectivity index (χ3v) is 0.833. The highest BCUT2D eigenvalue weighted by Crippen LogP contribution is 1.91. The molecule has 0 rings (SSSR count). The Morgan fingerprint density at radius 3 is 2.75 bits per heavy atom. The number of rotatable bonds is 4. The molecular formula is C7H13O. The smallest absolute Gasteiger partial charge is 0.0612 e. The molecule has 0 heterocycles. The normalized spacial score (nSPS) is 10.8. The zero-order valence-corrected chi connectivity index (χ0v) is 5.30. The van der Waals surface area contributed by atoms with E-state index in [2.05, 4.69) is 13.3 Å². The fourth-order valence-corrected chi connectivity index (χ4v) is 0.420. The number of aliphatic hydroxyl groups is 1. The van der Waals surface area contributed by atoms with Crippen molar-refractivity contribution in [3.63, 3.8) is 0 Å². The lowest BCUT2D eigenvalue weighted by molar-refractivity contribution is 0.342.